The van der Waals surface area contributed by atoms with Crippen molar-refractivity contribution < 1.29 is 18.1 Å². The van der Waals surface area contributed by atoms with E-state index in [1.54, 1.807) is 18.2 Å². The van der Waals surface area contributed by atoms with E-state index in [0.29, 0.717) is 10.7 Å². The van der Waals surface area contributed by atoms with Crippen molar-refractivity contribution in [2.24, 2.45) is 0 Å². The third-order valence-electron chi connectivity index (χ3n) is 3.45. The molecule has 0 saturated carbocycles. The fourth-order valence-corrected chi connectivity index (χ4v) is 4.23. The highest BCUT2D eigenvalue weighted by Crippen LogP contribution is 2.30. The quantitative estimate of drug-likeness (QED) is 0.513. The monoisotopic (exact) mass is 431 g/mol. The zero-order valence-corrected chi connectivity index (χ0v) is 16.4. The third-order valence-corrected chi connectivity index (χ3v) is 5.74. The van der Waals surface area contributed by atoms with Gasteiger partial charge in [0.15, 0.2) is 4.90 Å². The van der Waals surface area contributed by atoms with Crippen LogP contribution in [0.5, 0.6) is 0 Å². The first-order valence-corrected chi connectivity index (χ1v) is 9.84. The number of nitrogens with one attached hydrogen (secondary N) is 2. The smallest absolute Gasteiger partial charge is 0.290 e. The molecule has 0 fully saturated rings. The van der Waals surface area contributed by atoms with Crippen molar-refractivity contribution in [2.75, 3.05) is 11.9 Å². The van der Waals surface area contributed by atoms with Crippen molar-refractivity contribution in [3.8, 4) is 0 Å². The predicted molar refractivity (Wildman–Crippen MR) is 103 cm³/mol. The van der Waals surface area contributed by atoms with E-state index >= 15 is 0 Å². The third kappa shape index (κ3) is 5.39. The number of aryl methyl sites for hydroxylation is 1. The molecule has 0 atom stereocenters. The number of sulfonamides is 1. The van der Waals surface area contributed by atoms with Crippen LogP contribution in [-0.2, 0) is 14.8 Å². The Morgan fingerprint density at radius 1 is 1.19 bits per heavy atom. The number of carbonyl (C=O) groups is 1. The minimum Gasteiger partial charge on any atom is -0.325 e. The van der Waals surface area contributed by atoms with Crippen LogP contribution in [-0.4, -0.2) is 25.8 Å². The van der Waals surface area contributed by atoms with Gasteiger partial charge in [-0.1, -0.05) is 35.3 Å². The summed E-state index contributed by atoms with van der Waals surface area (Å²) in [6.45, 7) is 1.57. The van der Waals surface area contributed by atoms with E-state index in [2.05, 4.69) is 10.0 Å². The number of rotatable bonds is 7. The van der Waals surface area contributed by atoms with E-state index in [4.69, 9.17) is 23.2 Å². The average Bonchev–Trinajstić information content (AvgIpc) is 2.56. The molecule has 0 unspecified atom stereocenters. The number of anilines is 1. The summed E-state index contributed by atoms with van der Waals surface area (Å²) in [7, 11) is -4.28. The van der Waals surface area contributed by atoms with Gasteiger partial charge in [-0.3, -0.25) is 14.9 Å². The summed E-state index contributed by atoms with van der Waals surface area (Å²) in [5.74, 6) is -0.475. The van der Waals surface area contributed by atoms with E-state index < -0.39 is 31.4 Å². The molecule has 0 aliphatic rings. The summed E-state index contributed by atoms with van der Waals surface area (Å²) >= 11 is 11.8. The van der Waals surface area contributed by atoms with Crippen molar-refractivity contribution in [1.29, 1.82) is 0 Å². The van der Waals surface area contributed by atoms with Gasteiger partial charge in [0.25, 0.3) is 5.69 Å². The van der Waals surface area contributed by atoms with Crippen LogP contribution in [0.4, 0.5) is 11.4 Å². The van der Waals surface area contributed by atoms with Crippen LogP contribution in [0.2, 0.25) is 10.0 Å². The molecular formula is C16H15Cl2N3O5S. The van der Waals surface area contributed by atoms with Gasteiger partial charge in [-0.15, -0.1) is 0 Å². The molecule has 0 aromatic heterocycles. The number of hydrogen-bond donors (Lipinski definition) is 2. The summed E-state index contributed by atoms with van der Waals surface area (Å²) < 4.78 is 26.9. The fourth-order valence-electron chi connectivity index (χ4n) is 2.21. The lowest BCUT2D eigenvalue weighted by Crippen LogP contribution is -2.28. The second-order valence-electron chi connectivity index (χ2n) is 5.52. The number of carbonyl (C=O) groups excluding carboxylic acids is 1. The molecule has 0 spiro atoms. The van der Waals surface area contributed by atoms with E-state index in [0.717, 1.165) is 11.6 Å². The van der Waals surface area contributed by atoms with Crippen LogP contribution < -0.4 is 10.0 Å². The average molecular weight is 432 g/mol. The zero-order chi connectivity index (χ0) is 20.2. The van der Waals surface area contributed by atoms with Crippen LogP contribution in [0.3, 0.4) is 0 Å². The summed E-state index contributed by atoms with van der Waals surface area (Å²) in [6.07, 6.45) is -0.207. The Morgan fingerprint density at radius 3 is 2.52 bits per heavy atom. The maximum atomic E-state index is 12.4. The number of amides is 1. The first-order valence-electron chi connectivity index (χ1n) is 7.60. The lowest BCUT2D eigenvalue weighted by Gasteiger charge is -2.10. The van der Waals surface area contributed by atoms with Crippen LogP contribution in [0.15, 0.2) is 41.3 Å². The molecular weight excluding hydrogens is 417 g/mol. The molecule has 1 amide bonds. The van der Waals surface area contributed by atoms with Crippen LogP contribution in [0.1, 0.15) is 12.0 Å². The van der Waals surface area contributed by atoms with Crippen LogP contribution >= 0.6 is 23.2 Å². The summed E-state index contributed by atoms with van der Waals surface area (Å²) in [5, 5.41) is 13.7. The molecule has 0 bridgehead atoms. The first-order chi connectivity index (χ1) is 12.6. The lowest BCUT2D eigenvalue weighted by molar-refractivity contribution is -0.387. The van der Waals surface area contributed by atoms with Crippen LogP contribution in [0, 0.1) is 17.0 Å². The molecule has 2 aromatic rings. The minimum absolute atomic E-state index is 0.207. The Hall–Kier alpha value is -2.20. The van der Waals surface area contributed by atoms with Gasteiger partial charge in [0.05, 0.1) is 20.7 Å². The van der Waals surface area contributed by atoms with Gasteiger partial charge < -0.3 is 5.32 Å². The Balaban J connectivity index is 2.04. The predicted octanol–water partition coefficient (Wildman–Crippen LogP) is 3.52. The highest BCUT2D eigenvalue weighted by Gasteiger charge is 2.28. The van der Waals surface area contributed by atoms with Crippen molar-refractivity contribution in [3.05, 3.63) is 62.1 Å². The van der Waals surface area contributed by atoms with Crippen LogP contribution in [0.25, 0.3) is 0 Å². The largest absolute Gasteiger partial charge is 0.325 e. The van der Waals surface area contributed by atoms with E-state index in [-0.39, 0.29) is 18.0 Å². The molecule has 8 nitrogen and oxygen atoms in total. The Labute approximate surface area is 165 Å². The van der Waals surface area contributed by atoms with Crippen molar-refractivity contribution >= 4 is 50.5 Å². The Morgan fingerprint density at radius 2 is 1.89 bits per heavy atom. The highest BCUT2D eigenvalue weighted by molar-refractivity contribution is 7.89. The highest BCUT2D eigenvalue weighted by atomic mass is 35.5. The van der Waals surface area contributed by atoms with Gasteiger partial charge in [0.2, 0.25) is 15.9 Å². The number of nitrogens with zero attached hydrogens (tertiary/aromatic N) is 1. The van der Waals surface area contributed by atoms with Gasteiger partial charge in [0, 0.05) is 19.0 Å². The molecule has 2 N–H and O–H groups in total. The molecule has 0 aliphatic heterocycles. The van der Waals surface area contributed by atoms with Gasteiger partial charge >= 0.3 is 0 Å². The molecule has 2 rings (SSSR count). The molecule has 2 aromatic carbocycles. The topological polar surface area (TPSA) is 118 Å². The number of halogens is 2. The fraction of sp³-hybridized carbons (Fsp3) is 0.188. The second-order valence-corrected chi connectivity index (χ2v) is 8.04. The van der Waals surface area contributed by atoms with Gasteiger partial charge in [0.1, 0.15) is 0 Å². The molecule has 0 aliphatic carbocycles. The summed E-state index contributed by atoms with van der Waals surface area (Å²) in [5.41, 5.74) is 0.676. The van der Waals surface area contributed by atoms with Gasteiger partial charge in [-0.25, -0.2) is 13.1 Å². The zero-order valence-electron chi connectivity index (χ0n) is 14.0. The first kappa shape index (κ1) is 21.1. The second kappa shape index (κ2) is 8.66. The van der Waals surface area contributed by atoms with E-state index in [1.165, 1.54) is 12.1 Å². The summed E-state index contributed by atoms with van der Waals surface area (Å²) in [4.78, 5) is 21.5. The number of hydrogen-bond acceptors (Lipinski definition) is 5. The lowest BCUT2D eigenvalue weighted by atomic mass is 10.2. The molecule has 0 radical (unpaired) electrons. The van der Waals surface area contributed by atoms with E-state index in [9.17, 15) is 23.3 Å². The molecule has 0 heterocycles. The molecule has 11 heteroatoms. The normalized spacial score (nSPS) is 11.2. The number of benzene rings is 2. The van der Waals surface area contributed by atoms with Gasteiger partial charge in [-0.05, 0) is 30.7 Å². The number of nitro groups is 1. The molecule has 144 valence electrons. The Kier molecular flexibility index (Phi) is 6.77. The maximum absolute atomic E-state index is 12.4. The van der Waals surface area contributed by atoms with Crippen molar-refractivity contribution in [1.82, 2.24) is 4.72 Å². The van der Waals surface area contributed by atoms with Crippen molar-refractivity contribution in [2.45, 2.75) is 18.2 Å². The Bertz CT molecular complexity index is 996. The maximum Gasteiger partial charge on any atom is 0.290 e. The molecule has 27 heavy (non-hydrogen) atoms. The number of nitro benzene ring substituents is 1. The van der Waals surface area contributed by atoms with Gasteiger partial charge in [-0.2, -0.15) is 0 Å². The summed E-state index contributed by atoms with van der Waals surface area (Å²) in [6, 6.07) is 8.62. The molecule has 0 saturated heterocycles. The van der Waals surface area contributed by atoms with E-state index in [1.807, 2.05) is 6.92 Å². The standard InChI is InChI=1S/C16H15Cl2N3O5S/c1-10-5-6-13(12(18)9-10)20-15(22)7-8-19-27(25,26)16-11(17)3-2-4-14(16)21(23)24/h2-6,9,19H,7-8H2,1H3,(H,20,22). The SMILES string of the molecule is Cc1ccc(NC(=O)CCNS(=O)(=O)c2c(Cl)cccc2[N+](=O)[O-])c(Cl)c1. The minimum atomic E-state index is -4.28. The van der Waals surface area contributed by atoms with Crippen molar-refractivity contribution in [3.63, 3.8) is 0 Å².